The molecule has 20 heavy (non-hydrogen) atoms. The van der Waals surface area contributed by atoms with Gasteiger partial charge in [0, 0.05) is 25.2 Å². The second-order valence-corrected chi connectivity index (χ2v) is 7.48. The Morgan fingerprint density at radius 2 is 1.95 bits per heavy atom. The van der Waals surface area contributed by atoms with Crippen LogP contribution in [0.2, 0.25) is 0 Å². The highest BCUT2D eigenvalue weighted by molar-refractivity contribution is 4.95. The molecule has 0 saturated heterocycles. The number of aliphatic hydroxyl groups is 1. The van der Waals surface area contributed by atoms with Crippen LogP contribution in [0.15, 0.2) is 0 Å². The van der Waals surface area contributed by atoms with Crippen molar-refractivity contribution in [3.63, 3.8) is 0 Å². The van der Waals surface area contributed by atoms with Gasteiger partial charge in [-0.25, -0.2) is 0 Å². The Hall–Kier alpha value is -0.120. The van der Waals surface area contributed by atoms with Gasteiger partial charge in [-0.1, -0.05) is 33.6 Å². The van der Waals surface area contributed by atoms with E-state index in [1.54, 1.807) is 0 Å². The minimum atomic E-state index is 0.304. The van der Waals surface area contributed by atoms with E-state index >= 15 is 0 Å². The average Bonchev–Trinajstić information content (AvgIpc) is 2.31. The van der Waals surface area contributed by atoms with E-state index in [1.165, 1.54) is 45.1 Å². The third-order valence-corrected chi connectivity index (χ3v) is 5.58. The van der Waals surface area contributed by atoms with Gasteiger partial charge in [0.15, 0.2) is 0 Å². The molecule has 118 valence electrons. The van der Waals surface area contributed by atoms with Crippen molar-refractivity contribution < 1.29 is 5.11 Å². The standard InChI is InChI=1S/C17H34N2O/c1-4-18-16-14(7-6-10-17(16,2)3)13-19(11-12-20)15-8-5-9-15/h14-16,18,20H,4-13H2,1-3H3. The first-order chi connectivity index (χ1) is 9.58. The predicted molar refractivity (Wildman–Crippen MR) is 84.9 cm³/mol. The lowest BCUT2D eigenvalue weighted by Gasteiger charge is -2.48. The molecule has 0 heterocycles. The zero-order chi connectivity index (χ0) is 14.6. The van der Waals surface area contributed by atoms with Crippen molar-refractivity contribution in [3.05, 3.63) is 0 Å². The summed E-state index contributed by atoms with van der Waals surface area (Å²) in [6, 6.07) is 1.37. The molecule has 3 heteroatoms. The van der Waals surface area contributed by atoms with E-state index in [0.29, 0.717) is 18.1 Å². The molecule has 2 aliphatic carbocycles. The largest absolute Gasteiger partial charge is 0.395 e. The molecule has 2 unspecified atom stereocenters. The van der Waals surface area contributed by atoms with Crippen LogP contribution in [0.5, 0.6) is 0 Å². The number of aliphatic hydroxyl groups excluding tert-OH is 1. The van der Waals surface area contributed by atoms with E-state index in [2.05, 4.69) is 31.0 Å². The highest BCUT2D eigenvalue weighted by Crippen LogP contribution is 2.40. The fourth-order valence-corrected chi connectivity index (χ4v) is 4.24. The first-order valence-corrected chi connectivity index (χ1v) is 8.66. The Kier molecular flexibility index (Phi) is 5.88. The number of hydrogen-bond acceptors (Lipinski definition) is 3. The Balaban J connectivity index is 1.99. The van der Waals surface area contributed by atoms with Crippen LogP contribution in [-0.2, 0) is 0 Å². The summed E-state index contributed by atoms with van der Waals surface area (Å²) in [4.78, 5) is 2.57. The van der Waals surface area contributed by atoms with Crippen LogP contribution in [0.25, 0.3) is 0 Å². The van der Waals surface area contributed by atoms with Gasteiger partial charge in [-0.2, -0.15) is 0 Å². The zero-order valence-electron chi connectivity index (χ0n) is 13.7. The summed E-state index contributed by atoms with van der Waals surface area (Å²) in [5, 5.41) is 13.1. The molecular weight excluding hydrogens is 248 g/mol. The third-order valence-electron chi connectivity index (χ3n) is 5.58. The fourth-order valence-electron chi connectivity index (χ4n) is 4.24. The lowest BCUT2D eigenvalue weighted by atomic mass is 9.67. The minimum Gasteiger partial charge on any atom is -0.395 e. The Morgan fingerprint density at radius 3 is 2.50 bits per heavy atom. The molecule has 0 aliphatic heterocycles. The molecule has 2 fully saturated rings. The van der Waals surface area contributed by atoms with Crippen molar-refractivity contribution in [2.24, 2.45) is 11.3 Å². The smallest absolute Gasteiger partial charge is 0.0558 e. The normalized spacial score (nSPS) is 30.4. The van der Waals surface area contributed by atoms with Crippen LogP contribution >= 0.6 is 0 Å². The summed E-state index contributed by atoms with van der Waals surface area (Å²) < 4.78 is 0. The maximum Gasteiger partial charge on any atom is 0.0558 e. The van der Waals surface area contributed by atoms with Crippen molar-refractivity contribution in [2.75, 3.05) is 26.2 Å². The topological polar surface area (TPSA) is 35.5 Å². The van der Waals surface area contributed by atoms with E-state index in [4.69, 9.17) is 0 Å². The van der Waals surface area contributed by atoms with Crippen LogP contribution in [0, 0.1) is 11.3 Å². The number of rotatable bonds is 7. The highest BCUT2D eigenvalue weighted by Gasteiger charge is 2.39. The molecule has 0 amide bonds. The van der Waals surface area contributed by atoms with Gasteiger partial charge in [-0.3, -0.25) is 4.90 Å². The van der Waals surface area contributed by atoms with Crippen LogP contribution in [-0.4, -0.2) is 48.3 Å². The van der Waals surface area contributed by atoms with Gasteiger partial charge in [-0.05, 0) is 43.6 Å². The molecule has 0 bridgehead atoms. The first-order valence-electron chi connectivity index (χ1n) is 8.66. The fraction of sp³-hybridized carbons (Fsp3) is 1.00. The summed E-state index contributed by atoms with van der Waals surface area (Å²) >= 11 is 0. The molecule has 0 spiro atoms. The molecule has 0 aromatic heterocycles. The second kappa shape index (κ2) is 7.24. The Labute approximate surface area is 125 Å². The first kappa shape index (κ1) is 16.3. The second-order valence-electron chi connectivity index (χ2n) is 7.48. The van der Waals surface area contributed by atoms with Crippen LogP contribution in [0.1, 0.15) is 59.3 Å². The predicted octanol–water partition coefficient (Wildman–Crippen LogP) is 2.64. The van der Waals surface area contributed by atoms with Crippen molar-refractivity contribution in [2.45, 2.75) is 71.4 Å². The molecule has 3 nitrogen and oxygen atoms in total. The zero-order valence-corrected chi connectivity index (χ0v) is 13.7. The maximum atomic E-state index is 9.35. The summed E-state index contributed by atoms with van der Waals surface area (Å²) in [5.74, 6) is 0.742. The molecule has 2 aliphatic rings. The summed E-state index contributed by atoms with van der Waals surface area (Å²) in [7, 11) is 0. The van der Waals surface area contributed by atoms with Crippen molar-refractivity contribution in [1.82, 2.24) is 10.2 Å². The molecule has 2 saturated carbocycles. The summed E-state index contributed by atoms with van der Waals surface area (Å²) in [5.41, 5.74) is 0.406. The number of hydrogen-bond donors (Lipinski definition) is 2. The quantitative estimate of drug-likeness (QED) is 0.753. The van der Waals surface area contributed by atoms with Crippen molar-refractivity contribution in [3.8, 4) is 0 Å². The number of nitrogens with one attached hydrogen (secondary N) is 1. The van der Waals surface area contributed by atoms with E-state index < -0.39 is 0 Å². The lowest BCUT2D eigenvalue weighted by Crippen LogP contribution is -2.54. The van der Waals surface area contributed by atoms with Crippen molar-refractivity contribution >= 4 is 0 Å². The molecule has 2 atom stereocenters. The maximum absolute atomic E-state index is 9.35. The third kappa shape index (κ3) is 3.75. The van der Waals surface area contributed by atoms with Gasteiger partial charge in [0.1, 0.15) is 0 Å². The summed E-state index contributed by atoms with van der Waals surface area (Å²) in [6.07, 6.45) is 8.08. The SMILES string of the molecule is CCNC1C(CN(CCO)C2CCC2)CCCC1(C)C. The van der Waals surface area contributed by atoms with Crippen LogP contribution in [0.3, 0.4) is 0 Å². The van der Waals surface area contributed by atoms with Gasteiger partial charge in [0.2, 0.25) is 0 Å². The molecule has 2 N–H and O–H groups in total. The highest BCUT2D eigenvalue weighted by atomic mass is 16.3. The van der Waals surface area contributed by atoms with E-state index in [0.717, 1.165) is 25.0 Å². The molecule has 2 rings (SSSR count). The van der Waals surface area contributed by atoms with Crippen LogP contribution in [0.4, 0.5) is 0 Å². The van der Waals surface area contributed by atoms with Gasteiger partial charge < -0.3 is 10.4 Å². The molecule has 0 aromatic carbocycles. The molecule has 0 aromatic rings. The van der Waals surface area contributed by atoms with E-state index in [1.807, 2.05) is 0 Å². The van der Waals surface area contributed by atoms with E-state index in [9.17, 15) is 5.11 Å². The van der Waals surface area contributed by atoms with Crippen LogP contribution < -0.4 is 5.32 Å². The number of nitrogens with zero attached hydrogens (tertiary/aromatic N) is 1. The van der Waals surface area contributed by atoms with Gasteiger partial charge in [0.05, 0.1) is 6.61 Å². The van der Waals surface area contributed by atoms with Crippen molar-refractivity contribution in [1.29, 1.82) is 0 Å². The molecule has 0 radical (unpaired) electrons. The van der Waals surface area contributed by atoms with Gasteiger partial charge in [-0.15, -0.1) is 0 Å². The summed E-state index contributed by atoms with van der Waals surface area (Å²) in [6.45, 7) is 10.5. The Bertz CT molecular complexity index is 289. The van der Waals surface area contributed by atoms with Gasteiger partial charge in [0.25, 0.3) is 0 Å². The Morgan fingerprint density at radius 1 is 1.20 bits per heavy atom. The molecular formula is C17H34N2O. The monoisotopic (exact) mass is 282 g/mol. The minimum absolute atomic E-state index is 0.304. The van der Waals surface area contributed by atoms with E-state index in [-0.39, 0.29) is 0 Å². The average molecular weight is 282 g/mol. The lowest BCUT2D eigenvalue weighted by molar-refractivity contribution is 0.0379. The van der Waals surface area contributed by atoms with Gasteiger partial charge >= 0.3 is 0 Å².